The number of benzene rings is 3. The van der Waals surface area contributed by atoms with Crippen molar-refractivity contribution < 1.29 is 14.5 Å². The minimum atomic E-state index is -0.480. The van der Waals surface area contributed by atoms with E-state index in [9.17, 15) is 14.9 Å². The van der Waals surface area contributed by atoms with E-state index in [0.717, 1.165) is 5.56 Å². The van der Waals surface area contributed by atoms with Gasteiger partial charge in [0, 0.05) is 24.1 Å². The number of rotatable bonds is 6. The van der Waals surface area contributed by atoms with Crippen molar-refractivity contribution in [2.75, 3.05) is 13.2 Å². The highest BCUT2D eigenvalue weighted by Crippen LogP contribution is 2.44. The van der Waals surface area contributed by atoms with Gasteiger partial charge in [-0.05, 0) is 46.9 Å². The summed E-state index contributed by atoms with van der Waals surface area (Å²) in [5.74, 6) is 0.0248. The van der Waals surface area contributed by atoms with Crippen LogP contribution in [0.2, 0.25) is 0 Å². The second-order valence-electron chi connectivity index (χ2n) is 7.41. The number of ether oxygens (including phenoxy) is 1. The average molecular weight is 414 g/mol. The van der Waals surface area contributed by atoms with Crippen molar-refractivity contribution in [2.24, 2.45) is 0 Å². The second kappa shape index (κ2) is 8.83. The fraction of sp³-hybridized carbons (Fsp3) is 0.160. The van der Waals surface area contributed by atoms with E-state index in [2.05, 4.69) is 29.6 Å². The summed E-state index contributed by atoms with van der Waals surface area (Å²) >= 11 is 0. The van der Waals surface area contributed by atoms with Gasteiger partial charge < -0.3 is 10.1 Å². The number of nitrogens with zero attached hydrogens (tertiary/aromatic N) is 1. The van der Waals surface area contributed by atoms with Gasteiger partial charge in [-0.1, -0.05) is 60.7 Å². The highest BCUT2D eigenvalue weighted by atomic mass is 16.6. The van der Waals surface area contributed by atoms with Crippen LogP contribution in [0.3, 0.4) is 0 Å². The topological polar surface area (TPSA) is 81.5 Å². The molecule has 1 aliphatic carbocycles. The maximum absolute atomic E-state index is 12.2. The predicted molar refractivity (Wildman–Crippen MR) is 120 cm³/mol. The van der Waals surface area contributed by atoms with E-state index >= 15 is 0 Å². The van der Waals surface area contributed by atoms with Gasteiger partial charge in [0.05, 0.1) is 4.92 Å². The molecule has 0 aliphatic heterocycles. The molecule has 1 N–H and O–H groups in total. The number of nitro groups is 1. The van der Waals surface area contributed by atoms with Gasteiger partial charge in [0.2, 0.25) is 0 Å². The molecule has 0 spiro atoms. The number of amides is 1. The Bertz CT molecular complexity index is 1120. The maximum Gasteiger partial charge on any atom is 0.407 e. The van der Waals surface area contributed by atoms with Crippen LogP contribution in [0, 0.1) is 17.0 Å². The zero-order valence-corrected chi connectivity index (χ0v) is 17.1. The van der Waals surface area contributed by atoms with Gasteiger partial charge in [-0.3, -0.25) is 10.1 Å². The molecule has 0 fully saturated rings. The van der Waals surface area contributed by atoms with E-state index in [1.807, 2.05) is 24.3 Å². The van der Waals surface area contributed by atoms with Crippen LogP contribution in [-0.4, -0.2) is 24.2 Å². The lowest BCUT2D eigenvalue weighted by molar-refractivity contribution is -0.385. The van der Waals surface area contributed by atoms with Gasteiger partial charge in [0.15, 0.2) is 0 Å². The number of hydrogen-bond donors (Lipinski definition) is 1. The molecule has 6 nitrogen and oxygen atoms in total. The molecule has 1 aliphatic rings. The standard InChI is InChI=1S/C25H22N2O4/c1-17-15-18(12-13-24(17)27(29)30)7-6-14-26-25(28)31-16-23-21-10-4-2-8-19(21)20-9-3-5-11-22(20)23/h2-13,15,23H,14,16H2,1H3,(H,26,28). The third-order valence-corrected chi connectivity index (χ3v) is 5.44. The fourth-order valence-electron chi connectivity index (χ4n) is 3.97. The van der Waals surface area contributed by atoms with Crippen LogP contribution < -0.4 is 5.32 Å². The first kappa shape index (κ1) is 20.3. The number of aryl methyl sites for hydroxylation is 1. The SMILES string of the molecule is Cc1cc(C=CCNC(=O)OCC2c3ccccc3-c3ccccc32)ccc1[N+](=O)[O-]. The molecule has 0 radical (unpaired) electrons. The molecule has 31 heavy (non-hydrogen) atoms. The molecule has 6 heteroatoms. The van der Waals surface area contributed by atoms with Crippen LogP contribution in [-0.2, 0) is 4.74 Å². The Labute approximate surface area is 180 Å². The molecule has 1 amide bonds. The minimum Gasteiger partial charge on any atom is -0.449 e. The quantitative estimate of drug-likeness (QED) is 0.429. The molecule has 3 aromatic rings. The van der Waals surface area contributed by atoms with E-state index in [1.165, 1.54) is 28.3 Å². The van der Waals surface area contributed by atoms with Gasteiger partial charge in [0.25, 0.3) is 5.69 Å². The first-order valence-corrected chi connectivity index (χ1v) is 10.0. The zero-order valence-electron chi connectivity index (χ0n) is 17.1. The molecule has 3 aromatic carbocycles. The van der Waals surface area contributed by atoms with Crippen LogP contribution in [0.1, 0.15) is 28.2 Å². The van der Waals surface area contributed by atoms with Crippen molar-refractivity contribution >= 4 is 17.9 Å². The minimum absolute atomic E-state index is 0.0248. The third kappa shape index (κ3) is 4.33. The molecule has 0 saturated heterocycles. The van der Waals surface area contributed by atoms with E-state index < -0.39 is 11.0 Å². The largest absolute Gasteiger partial charge is 0.449 e. The smallest absolute Gasteiger partial charge is 0.407 e. The van der Waals surface area contributed by atoms with Crippen LogP contribution in [0.25, 0.3) is 17.2 Å². The number of carbonyl (C=O) groups is 1. The lowest BCUT2D eigenvalue weighted by atomic mass is 9.98. The number of fused-ring (bicyclic) bond motifs is 3. The second-order valence-corrected chi connectivity index (χ2v) is 7.41. The summed E-state index contributed by atoms with van der Waals surface area (Å²) in [4.78, 5) is 22.7. The van der Waals surface area contributed by atoms with E-state index in [-0.39, 0.29) is 18.2 Å². The van der Waals surface area contributed by atoms with Crippen molar-refractivity contribution in [3.05, 3.63) is 105 Å². The van der Waals surface area contributed by atoms with Crippen LogP contribution in [0.5, 0.6) is 0 Å². The number of alkyl carbamates (subject to hydrolysis) is 1. The van der Waals surface area contributed by atoms with Gasteiger partial charge in [-0.15, -0.1) is 0 Å². The van der Waals surface area contributed by atoms with Crippen molar-refractivity contribution in [2.45, 2.75) is 12.8 Å². The first-order chi connectivity index (χ1) is 15.0. The zero-order chi connectivity index (χ0) is 21.8. The Morgan fingerprint density at radius 3 is 2.32 bits per heavy atom. The summed E-state index contributed by atoms with van der Waals surface area (Å²) in [6.07, 6.45) is 3.11. The molecular formula is C25H22N2O4. The highest BCUT2D eigenvalue weighted by molar-refractivity contribution is 5.79. The predicted octanol–water partition coefficient (Wildman–Crippen LogP) is 5.46. The molecule has 0 aromatic heterocycles. The fourth-order valence-corrected chi connectivity index (χ4v) is 3.97. The van der Waals surface area contributed by atoms with Crippen molar-refractivity contribution in [3.8, 4) is 11.1 Å². The lowest BCUT2D eigenvalue weighted by Crippen LogP contribution is -2.26. The average Bonchev–Trinajstić information content (AvgIpc) is 3.09. The summed E-state index contributed by atoms with van der Waals surface area (Å²) in [6, 6.07) is 21.3. The summed E-state index contributed by atoms with van der Waals surface area (Å²) < 4.78 is 5.49. The Balaban J connectivity index is 1.32. The molecule has 0 unspecified atom stereocenters. The summed E-state index contributed by atoms with van der Waals surface area (Å²) in [5.41, 5.74) is 6.24. The number of nitro benzene ring substituents is 1. The molecule has 0 atom stereocenters. The van der Waals surface area contributed by atoms with Gasteiger partial charge in [0.1, 0.15) is 6.61 Å². The summed E-state index contributed by atoms with van der Waals surface area (Å²) in [6.45, 7) is 2.27. The third-order valence-electron chi connectivity index (χ3n) is 5.44. The van der Waals surface area contributed by atoms with Gasteiger partial charge in [-0.2, -0.15) is 0 Å². The van der Waals surface area contributed by atoms with Gasteiger partial charge in [-0.25, -0.2) is 4.79 Å². The molecular weight excluding hydrogens is 392 g/mol. The van der Waals surface area contributed by atoms with Crippen molar-refractivity contribution in [3.63, 3.8) is 0 Å². The van der Waals surface area contributed by atoms with E-state index in [0.29, 0.717) is 12.1 Å². The Hall–Kier alpha value is -3.93. The van der Waals surface area contributed by atoms with Gasteiger partial charge >= 0.3 is 6.09 Å². The summed E-state index contributed by atoms with van der Waals surface area (Å²) in [5, 5.41) is 13.6. The van der Waals surface area contributed by atoms with Crippen LogP contribution >= 0.6 is 0 Å². The maximum atomic E-state index is 12.2. The van der Waals surface area contributed by atoms with Crippen LogP contribution in [0.4, 0.5) is 10.5 Å². The summed E-state index contributed by atoms with van der Waals surface area (Å²) in [7, 11) is 0. The Kier molecular flexibility index (Phi) is 5.80. The number of hydrogen-bond acceptors (Lipinski definition) is 4. The molecule has 4 rings (SSSR count). The number of carbonyl (C=O) groups excluding carboxylic acids is 1. The molecule has 0 bridgehead atoms. The highest BCUT2D eigenvalue weighted by Gasteiger charge is 2.28. The Morgan fingerprint density at radius 1 is 1.06 bits per heavy atom. The van der Waals surface area contributed by atoms with Crippen LogP contribution in [0.15, 0.2) is 72.8 Å². The van der Waals surface area contributed by atoms with E-state index in [4.69, 9.17) is 4.74 Å². The van der Waals surface area contributed by atoms with Crippen molar-refractivity contribution in [1.29, 1.82) is 0 Å². The molecule has 156 valence electrons. The first-order valence-electron chi connectivity index (χ1n) is 10.0. The number of nitrogens with one attached hydrogen (secondary N) is 1. The van der Waals surface area contributed by atoms with Crippen molar-refractivity contribution in [1.82, 2.24) is 5.32 Å². The molecule has 0 saturated carbocycles. The Morgan fingerprint density at radius 2 is 1.71 bits per heavy atom. The van der Waals surface area contributed by atoms with E-state index in [1.54, 1.807) is 31.2 Å². The monoisotopic (exact) mass is 414 g/mol. The normalized spacial score (nSPS) is 12.4. The lowest BCUT2D eigenvalue weighted by Gasteiger charge is -2.14. The molecule has 0 heterocycles.